The summed E-state index contributed by atoms with van der Waals surface area (Å²) >= 11 is 0. The Labute approximate surface area is 124 Å². The monoisotopic (exact) mass is 283 g/mol. The van der Waals surface area contributed by atoms with Crippen LogP contribution in [0.4, 0.5) is 0 Å². The van der Waals surface area contributed by atoms with Crippen molar-refractivity contribution < 1.29 is 14.3 Å². The minimum absolute atomic E-state index is 0.330. The number of benzene rings is 2. The van der Waals surface area contributed by atoms with Gasteiger partial charge < -0.3 is 4.74 Å². The predicted molar refractivity (Wildman–Crippen MR) is 80.6 cm³/mol. The molecule has 0 aliphatic carbocycles. The van der Waals surface area contributed by atoms with Gasteiger partial charge >= 0.3 is 0 Å². The Hall–Kier alpha value is -2.62. The van der Waals surface area contributed by atoms with Gasteiger partial charge in [-0.25, -0.2) is 0 Å². The molecule has 2 aromatic carbocycles. The molecule has 21 heavy (non-hydrogen) atoms. The first kappa shape index (κ1) is 14.8. The van der Waals surface area contributed by atoms with Gasteiger partial charge in [-0.1, -0.05) is 30.3 Å². The quantitative estimate of drug-likeness (QED) is 0.814. The first-order valence-electron chi connectivity index (χ1n) is 6.57. The highest BCUT2D eigenvalue weighted by molar-refractivity contribution is 6.11. The molecular weight excluding hydrogens is 266 g/mol. The third-order valence-electron chi connectivity index (χ3n) is 3.32. The number of para-hydroxylation sites is 1. The Morgan fingerprint density at radius 2 is 1.43 bits per heavy atom. The highest BCUT2D eigenvalue weighted by Crippen LogP contribution is 2.20. The van der Waals surface area contributed by atoms with Crippen LogP contribution in [0.1, 0.15) is 26.3 Å². The highest BCUT2D eigenvalue weighted by Gasteiger charge is 2.23. The summed E-state index contributed by atoms with van der Waals surface area (Å²) < 4.78 is 5.17. The molecule has 0 aromatic heterocycles. The molecule has 0 heterocycles. The van der Waals surface area contributed by atoms with Crippen molar-refractivity contribution in [1.82, 2.24) is 4.90 Å². The van der Waals surface area contributed by atoms with E-state index in [-0.39, 0.29) is 11.8 Å². The second-order valence-electron chi connectivity index (χ2n) is 4.68. The maximum atomic E-state index is 12.5. The van der Waals surface area contributed by atoms with Crippen molar-refractivity contribution in [3.05, 3.63) is 65.2 Å². The van der Waals surface area contributed by atoms with Crippen molar-refractivity contribution in [1.29, 1.82) is 0 Å². The van der Waals surface area contributed by atoms with Crippen molar-refractivity contribution in [3.63, 3.8) is 0 Å². The zero-order chi connectivity index (χ0) is 15.4. The van der Waals surface area contributed by atoms with E-state index in [1.807, 2.05) is 19.1 Å². The Kier molecular flexibility index (Phi) is 4.38. The average Bonchev–Trinajstić information content (AvgIpc) is 2.53. The molecule has 0 N–H and O–H groups in total. The fraction of sp³-hybridized carbons (Fsp3) is 0.176. The largest absolute Gasteiger partial charge is 0.496 e. The van der Waals surface area contributed by atoms with Gasteiger partial charge in [-0.3, -0.25) is 14.5 Å². The second kappa shape index (κ2) is 6.22. The molecule has 0 aliphatic heterocycles. The molecular formula is C17H17NO3. The van der Waals surface area contributed by atoms with Gasteiger partial charge in [0.2, 0.25) is 0 Å². The van der Waals surface area contributed by atoms with Crippen LogP contribution in [0.2, 0.25) is 0 Å². The lowest BCUT2D eigenvalue weighted by molar-refractivity contribution is 0.0654. The molecule has 0 aliphatic rings. The van der Waals surface area contributed by atoms with Crippen LogP contribution in [0.15, 0.2) is 48.5 Å². The smallest absolute Gasteiger partial charge is 0.264 e. The molecule has 4 heteroatoms. The normalized spacial score (nSPS) is 10.0. The number of hydrogen-bond donors (Lipinski definition) is 0. The molecule has 2 amide bonds. The van der Waals surface area contributed by atoms with E-state index in [0.717, 1.165) is 10.5 Å². The molecule has 0 atom stereocenters. The minimum atomic E-state index is -0.388. The van der Waals surface area contributed by atoms with E-state index in [4.69, 9.17) is 4.74 Å². The average molecular weight is 283 g/mol. The summed E-state index contributed by atoms with van der Waals surface area (Å²) in [5.74, 6) is -0.267. The summed E-state index contributed by atoms with van der Waals surface area (Å²) in [6.07, 6.45) is 0. The van der Waals surface area contributed by atoms with Gasteiger partial charge in [0.15, 0.2) is 0 Å². The zero-order valence-electron chi connectivity index (χ0n) is 12.3. The lowest BCUT2D eigenvalue weighted by Gasteiger charge is -2.18. The Balaban J connectivity index is 2.31. The van der Waals surface area contributed by atoms with Crippen molar-refractivity contribution in [3.8, 4) is 5.75 Å². The van der Waals surface area contributed by atoms with E-state index in [1.165, 1.54) is 14.2 Å². The molecule has 2 rings (SSSR count). The summed E-state index contributed by atoms with van der Waals surface area (Å²) in [6, 6.07) is 14.0. The van der Waals surface area contributed by atoms with Crippen LogP contribution in [-0.2, 0) is 0 Å². The topological polar surface area (TPSA) is 46.6 Å². The number of amides is 2. The van der Waals surface area contributed by atoms with Gasteiger partial charge in [0.1, 0.15) is 5.75 Å². The van der Waals surface area contributed by atoms with Crippen LogP contribution in [-0.4, -0.2) is 30.9 Å². The van der Waals surface area contributed by atoms with Crippen molar-refractivity contribution >= 4 is 11.8 Å². The summed E-state index contributed by atoms with van der Waals surface area (Å²) in [7, 11) is 2.97. The number of imide groups is 1. The van der Waals surface area contributed by atoms with E-state index >= 15 is 0 Å². The third-order valence-corrected chi connectivity index (χ3v) is 3.32. The van der Waals surface area contributed by atoms with E-state index < -0.39 is 0 Å². The zero-order valence-corrected chi connectivity index (χ0v) is 12.3. The summed E-state index contributed by atoms with van der Waals surface area (Å²) in [5.41, 5.74) is 1.72. The molecule has 2 aromatic rings. The van der Waals surface area contributed by atoms with Crippen LogP contribution in [0.5, 0.6) is 5.75 Å². The van der Waals surface area contributed by atoms with Crippen LogP contribution in [0.25, 0.3) is 0 Å². The number of rotatable bonds is 3. The van der Waals surface area contributed by atoms with Crippen LogP contribution < -0.4 is 4.74 Å². The predicted octanol–water partition coefficient (Wildman–Crippen LogP) is 2.92. The summed E-state index contributed by atoms with van der Waals surface area (Å²) in [6.45, 7) is 1.84. The third kappa shape index (κ3) is 2.94. The molecule has 0 unspecified atom stereocenters. The van der Waals surface area contributed by atoms with Gasteiger partial charge in [-0.05, 0) is 30.7 Å². The van der Waals surface area contributed by atoms with Crippen molar-refractivity contribution in [2.45, 2.75) is 6.92 Å². The maximum Gasteiger partial charge on any atom is 0.264 e. The fourth-order valence-electron chi connectivity index (χ4n) is 2.09. The summed E-state index contributed by atoms with van der Waals surface area (Å²) in [5, 5.41) is 0. The molecule has 0 bridgehead atoms. The van der Waals surface area contributed by atoms with Crippen molar-refractivity contribution in [2.75, 3.05) is 14.2 Å². The lowest BCUT2D eigenvalue weighted by atomic mass is 10.1. The Bertz CT molecular complexity index is 679. The lowest BCUT2D eigenvalue weighted by Crippen LogP contribution is -2.33. The van der Waals surface area contributed by atoms with Crippen LogP contribution >= 0.6 is 0 Å². The second-order valence-corrected chi connectivity index (χ2v) is 4.68. The van der Waals surface area contributed by atoms with E-state index in [1.54, 1.807) is 36.4 Å². The number of ether oxygens (including phenoxy) is 1. The molecule has 108 valence electrons. The number of hydrogen-bond acceptors (Lipinski definition) is 3. The van der Waals surface area contributed by atoms with E-state index in [0.29, 0.717) is 16.9 Å². The number of carbonyl (C=O) groups is 2. The molecule has 0 spiro atoms. The molecule has 0 radical (unpaired) electrons. The summed E-state index contributed by atoms with van der Waals surface area (Å²) in [4.78, 5) is 26.0. The van der Waals surface area contributed by atoms with Crippen LogP contribution in [0.3, 0.4) is 0 Å². The Morgan fingerprint density at radius 3 is 2.05 bits per heavy atom. The van der Waals surface area contributed by atoms with Gasteiger partial charge in [0, 0.05) is 12.6 Å². The van der Waals surface area contributed by atoms with Crippen molar-refractivity contribution in [2.24, 2.45) is 0 Å². The molecule has 0 saturated heterocycles. The van der Waals surface area contributed by atoms with Gasteiger partial charge in [-0.15, -0.1) is 0 Å². The standard InChI is InChI=1S/C17H17NO3/c1-12-8-4-5-9-13(12)16(19)18(2)17(20)14-10-6-7-11-15(14)21-3/h4-11H,1-3H3. The number of nitrogens with zero attached hydrogens (tertiary/aromatic N) is 1. The molecule has 4 nitrogen and oxygen atoms in total. The number of methoxy groups -OCH3 is 1. The maximum absolute atomic E-state index is 12.5. The molecule has 0 fully saturated rings. The minimum Gasteiger partial charge on any atom is -0.496 e. The SMILES string of the molecule is COc1ccccc1C(=O)N(C)C(=O)c1ccccc1C. The van der Waals surface area contributed by atoms with E-state index in [2.05, 4.69) is 0 Å². The number of carbonyl (C=O) groups excluding carboxylic acids is 2. The first-order chi connectivity index (χ1) is 10.1. The highest BCUT2D eigenvalue weighted by atomic mass is 16.5. The van der Waals surface area contributed by atoms with E-state index in [9.17, 15) is 9.59 Å². The van der Waals surface area contributed by atoms with Gasteiger partial charge in [-0.2, -0.15) is 0 Å². The Morgan fingerprint density at radius 1 is 0.905 bits per heavy atom. The van der Waals surface area contributed by atoms with Gasteiger partial charge in [0.25, 0.3) is 11.8 Å². The number of aryl methyl sites for hydroxylation is 1. The fourth-order valence-corrected chi connectivity index (χ4v) is 2.09. The first-order valence-corrected chi connectivity index (χ1v) is 6.57. The van der Waals surface area contributed by atoms with Gasteiger partial charge in [0.05, 0.1) is 12.7 Å². The molecule has 0 saturated carbocycles. The van der Waals surface area contributed by atoms with Crippen LogP contribution in [0, 0.1) is 6.92 Å².